The molecule has 0 aliphatic carbocycles. The van der Waals surface area contributed by atoms with Gasteiger partial charge in [-0.2, -0.15) is 0 Å². The van der Waals surface area contributed by atoms with Crippen molar-refractivity contribution >= 4 is 0 Å². The van der Waals surface area contributed by atoms with Crippen molar-refractivity contribution in [3.8, 4) is 16.9 Å². The SMILES string of the molecule is Cc1cc(-c2ccc(F)c(C)c2)ccc1O. The van der Waals surface area contributed by atoms with E-state index in [4.69, 9.17) is 0 Å². The van der Waals surface area contributed by atoms with Crippen LogP contribution in [-0.2, 0) is 0 Å². The molecule has 0 saturated carbocycles. The predicted molar refractivity (Wildman–Crippen MR) is 63.0 cm³/mol. The maximum atomic E-state index is 13.1. The molecule has 0 spiro atoms. The number of aromatic hydroxyl groups is 1. The minimum Gasteiger partial charge on any atom is -0.508 e. The Bertz CT molecular complexity index is 483. The Morgan fingerprint density at radius 2 is 1.44 bits per heavy atom. The highest BCUT2D eigenvalue weighted by Gasteiger charge is 2.03. The van der Waals surface area contributed by atoms with Crippen LogP contribution in [0.5, 0.6) is 5.75 Å². The lowest BCUT2D eigenvalue weighted by atomic mass is 10.0. The fraction of sp³-hybridized carbons (Fsp3) is 0.143. The highest BCUT2D eigenvalue weighted by Crippen LogP contribution is 2.26. The molecular formula is C14H13FO. The van der Waals surface area contributed by atoms with Crippen LogP contribution in [0.4, 0.5) is 4.39 Å². The van der Waals surface area contributed by atoms with Crippen LogP contribution in [0, 0.1) is 19.7 Å². The fourth-order valence-electron chi connectivity index (χ4n) is 1.66. The zero-order valence-corrected chi connectivity index (χ0v) is 9.29. The van der Waals surface area contributed by atoms with Crippen LogP contribution in [0.25, 0.3) is 11.1 Å². The Morgan fingerprint density at radius 3 is 2.00 bits per heavy atom. The average Bonchev–Trinajstić information content (AvgIpc) is 2.26. The summed E-state index contributed by atoms with van der Waals surface area (Å²) in [5, 5.41) is 9.43. The molecule has 0 amide bonds. The molecule has 2 aromatic carbocycles. The molecule has 16 heavy (non-hydrogen) atoms. The summed E-state index contributed by atoms with van der Waals surface area (Å²) >= 11 is 0. The molecule has 2 heteroatoms. The number of aryl methyl sites for hydroxylation is 2. The number of halogens is 1. The van der Waals surface area contributed by atoms with Gasteiger partial charge in [-0.1, -0.05) is 12.1 Å². The standard InChI is InChI=1S/C14H13FO/c1-9-7-11(3-5-13(9)15)12-4-6-14(16)10(2)8-12/h3-8,16H,1-2H3. The summed E-state index contributed by atoms with van der Waals surface area (Å²) in [6.45, 7) is 3.58. The van der Waals surface area contributed by atoms with Crippen LogP contribution in [0.1, 0.15) is 11.1 Å². The second kappa shape index (κ2) is 3.97. The number of rotatable bonds is 1. The maximum Gasteiger partial charge on any atom is 0.126 e. The Morgan fingerprint density at radius 1 is 0.875 bits per heavy atom. The summed E-state index contributed by atoms with van der Waals surface area (Å²) in [6.07, 6.45) is 0. The monoisotopic (exact) mass is 216 g/mol. The third-order valence-corrected chi connectivity index (χ3v) is 2.69. The summed E-state index contributed by atoms with van der Waals surface area (Å²) in [6, 6.07) is 10.4. The van der Waals surface area contributed by atoms with Crippen molar-refractivity contribution in [2.24, 2.45) is 0 Å². The molecule has 0 radical (unpaired) electrons. The molecule has 0 aliphatic heterocycles. The molecule has 82 valence electrons. The normalized spacial score (nSPS) is 10.4. The van der Waals surface area contributed by atoms with Crippen molar-refractivity contribution in [3.05, 3.63) is 53.3 Å². The van der Waals surface area contributed by atoms with Gasteiger partial charge in [-0.05, 0) is 60.4 Å². The summed E-state index contributed by atoms with van der Waals surface area (Å²) in [7, 11) is 0. The quantitative estimate of drug-likeness (QED) is 0.768. The zero-order valence-electron chi connectivity index (χ0n) is 9.29. The highest BCUT2D eigenvalue weighted by atomic mass is 19.1. The summed E-state index contributed by atoms with van der Waals surface area (Å²) in [5.74, 6) is 0.0850. The minimum atomic E-state index is -0.195. The molecule has 2 rings (SSSR count). The molecule has 0 saturated heterocycles. The minimum absolute atomic E-state index is 0.195. The summed E-state index contributed by atoms with van der Waals surface area (Å²) < 4.78 is 13.1. The van der Waals surface area contributed by atoms with Crippen molar-refractivity contribution in [2.75, 3.05) is 0 Å². The molecular weight excluding hydrogens is 203 g/mol. The Hall–Kier alpha value is -1.83. The van der Waals surface area contributed by atoms with Crippen molar-refractivity contribution in [2.45, 2.75) is 13.8 Å². The zero-order chi connectivity index (χ0) is 11.7. The van der Waals surface area contributed by atoms with E-state index in [0.29, 0.717) is 5.56 Å². The van der Waals surface area contributed by atoms with E-state index in [1.807, 2.05) is 19.1 Å². The number of hydrogen-bond donors (Lipinski definition) is 1. The van der Waals surface area contributed by atoms with Crippen LogP contribution in [0.15, 0.2) is 36.4 Å². The molecule has 0 unspecified atom stereocenters. The van der Waals surface area contributed by atoms with Gasteiger partial charge in [-0.15, -0.1) is 0 Å². The van der Waals surface area contributed by atoms with Crippen LogP contribution >= 0.6 is 0 Å². The van der Waals surface area contributed by atoms with E-state index in [1.165, 1.54) is 6.07 Å². The topological polar surface area (TPSA) is 20.2 Å². The second-order valence-electron chi connectivity index (χ2n) is 3.97. The van der Waals surface area contributed by atoms with Crippen LogP contribution < -0.4 is 0 Å². The fourth-order valence-corrected chi connectivity index (χ4v) is 1.66. The molecule has 0 aliphatic rings. The number of phenols is 1. The van der Waals surface area contributed by atoms with E-state index in [1.54, 1.807) is 25.1 Å². The predicted octanol–water partition coefficient (Wildman–Crippen LogP) is 3.82. The molecule has 1 nitrogen and oxygen atoms in total. The van der Waals surface area contributed by atoms with Crippen molar-refractivity contribution in [1.82, 2.24) is 0 Å². The van der Waals surface area contributed by atoms with E-state index in [9.17, 15) is 9.50 Å². The first-order valence-electron chi connectivity index (χ1n) is 5.14. The first-order chi connectivity index (χ1) is 7.58. The van der Waals surface area contributed by atoms with Gasteiger partial charge in [-0.3, -0.25) is 0 Å². The molecule has 2 aromatic rings. The van der Waals surface area contributed by atoms with E-state index in [-0.39, 0.29) is 11.6 Å². The summed E-state index contributed by atoms with van der Waals surface area (Å²) in [4.78, 5) is 0. The Labute approximate surface area is 94.2 Å². The molecule has 0 heterocycles. The van der Waals surface area contributed by atoms with Crippen LogP contribution in [0.2, 0.25) is 0 Å². The first kappa shape index (κ1) is 10.7. The third-order valence-electron chi connectivity index (χ3n) is 2.69. The van der Waals surface area contributed by atoms with Gasteiger partial charge in [0.2, 0.25) is 0 Å². The smallest absolute Gasteiger partial charge is 0.126 e. The largest absolute Gasteiger partial charge is 0.508 e. The van der Waals surface area contributed by atoms with E-state index in [2.05, 4.69) is 0 Å². The second-order valence-corrected chi connectivity index (χ2v) is 3.97. The van der Waals surface area contributed by atoms with Gasteiger partial charge in [0.1, 0.15) is 11.6 Å². The first-order valence-corrected chi connectivity index (χ1v) is 5.14. The van der Waals surface area contributed by atoms with Gasteiger partial charge < -0.3 is 5.11 Å². The van der Waals surface area contributed by atoms with Crippen LogP contribution in [0.3, 0.4) is 0 Å². The van der Waals surface area contributed by atoms with Gasteiger partial charge in [0.15, 0.2) is 0 Å². The van der Waals surface area contributed by atoms with Gasteiger partial charge in [0.05, 0.1) is 0 Å². The van der Waals surface area contributed by atoms with Crippen molar-refractivity contribution < 1.29 is 9.50 Å². The van der Waals surface area contributed by atoms with Gasteiger partial charge in [0, 0.05) is 0 Å². The van der Waals surface area contributed by atoms with Gasteiger partial charge >= 0.3 is 0 Å². The molecule has 0 atom stereocenters. The number of phenolic OH excluding ortho intramolecular Hbond substituents is 1. The number of hydrogen-bond acceptors (Lipinski definition) is 1. The maximum absolute atomic E-state index is 13.1. The van der Waals surface area contributed by atoms with Gasteiger partial charge in [0.25, 0.3) is 0 Å². The van der Waals surface area contributed by atoms with Gasteiger partial charge in [-0.25, -0.2) is 4.39 Å². The van der Waals surface area contributed by atoms with E-state index in [0.717, 1.165) is 16.7 Å². The number of benzene rings is 2. The Kier molecular flexibility index (Phi) is 2.65. The molecule has 0 aromatic heterocycles. The molecule has 1 N–H and O–H groups in total. The molecule has 0 bridgehead atoms. The van der Waals surface area contributed by atoms with Crippen molar-refractivity contribution in [1.29, 1.82) is 0 Å². The van der Waals surface area contributed by atoms with E-state index < -0.39 is 0 Å². The van der Waals surface area contributed by atoms with Crippen LogP contribution in [-0.4, -0.2) is 5.11 Å². The van der Waals surface area contributed by atoms with E-state index >= 15 is 0 Å². The third kappa shape index (κ3) is 1.91. The lowest BCUT2D eigenvalue weighted by Gasteiger charge is -2.06. The average molecular weight is 216 g/mol. The van der Waals surface area contributed by atoms with Crippen molar-refractivity contribution in [3.63, 3.8) is 0 Å². The lowest BCUT2D eigenvalue weighted by Crippen LogP contribution is -1.85. The summed E-state index contributed by atoms with van der Waals surface area (Å²) in [5.41, 5.74) is 3.39. The highest BCUT2D eigenvalue weighted by molar-refractivity contribution is 5.66. The lowest BCUT2D eigenvalue weighted by molar-refractivity contribution is 0.471. The Balaban J connectivity index is 2.50. The molecule has 0 fully saturated rings.